The average molecular weight is 280 g/mol. The molecule has 2 aromatic carbocycles. The lowest BCUT2D eigenvalue weighted by molar-refractivity contribution is 0.805. The van der Waals surface area contributed by atoms with Crippen LogP contribution in [-0.2, 0) is 0 Å². The summed E-state index contributed by atoms with van der Waals surface area (Å²) in [7, 11) is -1.24. The van der Waals surface area contributed by atoms with Gasteiger partial charge >= 0.3 is 0 Å². The Labute approximate surface area is 124 Å². The number of rotatable bonds is 6. The molecule has 104 valence electrons. The lowest BCUT2D eigenvalue weighted by atomic mass is 10.2. The van der Waals surface area contributed by atoms with Crippen molar-refractivity contribution in [3.63, 3.8) is 0 Å². The summed E-state index contributed by atoms with van der Waals surface area (Å²) in [5, 5.41) is 4.73. The molecular weight excluding hydrogens is 256 g/mol. The minimum absolute atomic E-state index is 1.24. The predicted molar refractivity (Wildman–Crippen MR) is 92.6 cm³/mol. The molecule has 0 nitrogen and oxygen atoms in total. The first-order valence-corrected chi connectivity index (χ1v) is 9.35. The molecular formula is C19H24Si. The second-order valence-corrected chi connectivity index (χ2v) is 8.16. The van der Waals surface area contributed by atoms with Crippen LogP contribution in [0.15, 0.2) is 71.9 Å². The molecule has 0 aliphatic heterocycles. The third kappa shape index (κ3) is 3.70. The first kappa shape index (κ1) is 14.8. The van der Waals surface area contributed by atoms with Gasteiger partial charge in [0.15, 0.2) is 0 Å². The van der Waals surface area contributed by atoms with Gasteiger partial charge in [0.05, 0.1) is 0 Å². The van der Waals surface area contributed by atoms with Crippen molar-refractivity contribution in [3.05, 3.63) is 71.9 Å². The Morgan fingerprint density at radius 2 is 1.40 bits per heavy atom. The molecule has 0 saturated heterocycles. The zero-order valence-corrected chi connectivity index (χ0v) is 13.7. The van der Waals surface area contributed by atoms with Crippen molar-refractivity contribution in [3.8, 4) is 0 Å². The smallest absolute Gasteiger partial charge is 0.0919 e. The van der Waals surface area contributed by atoms with Crippen molar-refractivity contribution in [1.29, 1.82) is 0 Å². The van der Waals surface area contributed by atoms with Crippen LogP contribution in [0.3, 0.4) is 0 Å². The van der Waals surface area contributed by atoms with Gasteiger partial charge in [-0.05, 0) is 13.3 Å². The van der Waals surface area contributed by atoms with Crippen LogP contribution in [-0.4, -0.2) is 8.80 Å². The number of hydrogen-bond donors (Lipinski definition) is 0. The quantitative estimate of drug-likeness (QED) is 0.708. The molecule has 0 spiro atoms. The summed E-state index contributed by atoms with van der Waals surface area (Å²) in [6, 6.07) is 22.1. The Kier molecular flexibility index (Phi) is 5.81. The van der Waals surface area contributed by atoms with E-state index in [1.54, 1.807) is 5.20 Å². The minimum Gasteiger partial charge on any atom is -0.0919 e. The van der Waals surface area contributed by atoms with E-state index >= 15 is 0 Å². The molecule has 0 amide bonds. The number of benzene rings is 2. The Bertz CT molecular complexity index is 489. The van der Waals surface area contributed by atoms with E-state index in [4.69, 9.17) is 0 Å². The highest BCUT2D eigenvalue weighted by atomic mass is 28.3. The Hall–Kier alpha value is -1.60. The number of hydrogen-bond acceptors (Lipinski definition) is 0. The van der Waals surface area contributed by atoms with Crippen LogP contribution in [0.1, 0.15) is 33.1 Å². The Morgan fingerprint density at radius 3 is 1.80 bits per heavy atom. The van der Waals surface area contributed by atoms with Gasteiger partial charge in [-0.25, -0.2) is 0 Å². The molecule has 0 fully saturated rings. The summed E-state index contributed by atoms with van der Waals surface area (Å²) in [6.07, 6.45) is 6.17. The summed E-state index contributed by atoms with van der Waals surface area (Å²) in [5.41, 5.74) is 0. The van der Waals surface area contributed by atoms with Gasteiger partial charge in [-0.2, -0.15) is 0 Å². The van der Waals surface area contributed by atoms with Crippen LogP contribution in [0, 0.1) is 0 Å². The van der Waals surface area contributed by atoms with Crippen molar-refractivity contribution in [1.82, 2.24) is 0 Å². The zero-order valence-electron chi connectivity index (χ0n) is 12.5. The van der Waals surface area contributed by atoms with Gasteiger partial charge in [0, 0.05) is 0 Å². The average Bonchev–Trinajstić information content (AvgIpc) is 2.53. The van der Waals surface area contributed by atoms with Crippen LogP contribution in [0.5, 0.6) is 0 Å². The molecule has 0 N–H and O–H groups in total. The Morgan fingerprint density at radius 1 is 0.900 bits per heavy atom. The summed E-state index contributed by atoms with van der Waals surface area (Å²) >= 11 is 0. The fourth-order valence-electron chi connectivity index (χ4n) is 2.75. The fraction of sp³-hybridized carbons (Fsp3) is 0.263. The van der Waals surface area contributed by atoms with E-state index in [1.807, 2.05) is 0 Å². The molecule has 1 heteroatoms. The van der Waals surface area contributed by atoms with E-state index in [1.165, 1.54) is 29.6 Å². The van der Waals surface area contributed by atoms with Gasteiger partial charge in [0.1, 0.15) is 8.80 Å². The summed E-state index contributed by atoms with van der Waals surface area (Å²) in [4.78, 5) is 0. The van der Waals surface area contributed by atoms with Crippen molar-refractivity contribution in [2.45, 2.75) is 33.1 Å². The summed E-state index contributed by atoms with van der Waals surface area (Å²) < 4.78 is 0. The highest BCUT2D eigenvalue weighted by Crippen LogP contribution is 2.12. The third-order valence-corrected chi connectivity index (χ3v) is 7.29. The predicted octanol–water partition coefficient (Wildman–Crippen LogP) is 3.70. The Balaban J connectivity index is 2.39. The third-order valence-electron chi connectivity index (χ3n) is 3.83. The first-order valence-electron chi connectivity index (χ1n) is 7.61. The van der Waals surface area contributed by atoms with E-state index in [0.717, 1.165) is 0 Å². The molecule has 2 rings (SSSR count). The van der Waals surface area contributed by atoms with Crippen LogP contribution in [0.25, 0.3) is 0 Å². The van der Waals surface area contributed by atoms with E-state index in [2.05, 4.69) is 80.6 Å². The number of unbranched alkanes of at least 4 members (excludes halogenated alkanes) is 1. The van der Waals surface area contributed by atoms with Gasteiger partial charge in [-0.15, -0.1) is 0 Å². The molecule has 20 heavy (non-hydrogen) atoms. The molecule has 0 aliphatic rings. The molecule has 0 unspecified atom stereocenters. The van der Waals surface area contributed by atoms with Gasteiger partial charge < -0.3 is 0 Å². The fourth-order valence-corrected chi connectivity index (χ4v) is 6.03. The standard InChI is InChI=1S/C19H24Si/c1-3-5-12-17(4-2)20(18-13-8-6-9-14-18)19-15-10-7-11-16-19/h4,6-11,13-16,20H,3,5,12H2,1-2H3. The topological polar surface area (TPSA) is 0 Å². The second kappa shape index (κ2) is 7.86. The molecule has 0 bridgehead atoms. The largest absolute Gasteiger partial charge is 0.128 e. The van der Waals surface area contributed by atoms with E-state index < -0.39 is 8.80 Å². The van der Waals surface area contributed by atoms with Gasteiger partial charge in [0.2, 0.25) is 0 Å². The number of allylic oxidation sites excluding steroid dienone is 2. The normalized spacial score (nSPS) is 11.8. The molecule has 0 aromatic heterocycles. The van der Waals surface area contributed by atoms with Crippen LogP contribution < -0.4 is 10.4 Å². The monoisotopic (exact) mass is 280 g/mol. The lowest BCUT2D eigenvalue weighted by Gasteiger charge is -2.20. The van der Waals surface area contributed by atoms with Crippen molar-refractivity contribution in [2.75, 3.05) is 0 Å². The zero-order chi connectivity index (χ0) is 14.2. The first-order chi connectivity index (χ1) is 9.86. The van der Waals surface area contributed by atoms with Gasteiger partial charge in [-0.3, -0.25) is 0 Å². The molecule has 0 heterocycles. The maximum Gasteiger partial charge on any atom is 0.128 e. The van der Waals surface area contributed by atoms with Crippen molar-refractivity contribution < 1.29 is 0 Å². The molecule has 0 aliphatic carbocycles. The molecule has 0 atom stereocenters. The lowest BCUT2D eigenvalue weighted by Crippen LogP contribution is -2.44. The SMILES string of the molecule is CC=C(CCCC)[SiH](c1ccccc1)c1ccccc1. The van der Waals surface area contributed by atoms with Crippen LogP contribution >= 0.6 is 0 Å². The second-order valence-electron chi connectivity index (χ2n) is 5.22. The van der Waals surface area contributed by atoms with Crippen molar-refractivity contribution in [2.24, 2.45) is 0 Å². The highest BCUT2D eigenvalue weighted by Gasteiger charge is 2.19. The van der Waals surface area contributed by atoms with Crippen LogP contribution in [0.2, 0.25) is 0 Å². The summed E-state index contributed by atoms with van der Waals surface area (Å²) in [6.45, 7) is 4.48. The highest BCUT2D eigenvalue weighted by molar-refractivity contribution is 6.90. The van der Waals surface area contributed by atoms with E-state index in [-0.39, 0.29) is 0 Å². The van der Waals surface area contributed by atoms with Gasteiger partial charge in [-0.1, -0.05) is 102 Å². The van der Waals surface area contributed by atoms with Gasteiger partial charge in [0.25, 0.3) is 0 Å². The van der Waals surface area contributed by atoms with Crippen LogP contribution in [0.4, 0.5) is 0 Å². The maximum absolute atomic E-state index is 2.37. The minimum atomic E-state index is -1.24. The van der Waals surface area contributed by atoms with Crippen molar-refractivity contribution >= 4 is 19.2 Å². The van der Waals surface area contributed by atoms with E-state index in [0.29, 0.717) is 0 Å². The molecule has 0 radical (unpaired) electrons. The maximum atomic E-state index is 2.37. The molecule has 2 aromatic rings. The van der Waals surface area contributed by atoms with E-state index in [9.17, 15) is 0 Å². The molecule has 0 saturated carbocycles. The summed E-state index contributed by atoms with van der Waals surface area (Å²) in [5.74, 6) is 0.